The molecule has 2 N–H and O–H groups in total. The predicted octanol–water partition coefficient (Wildman–Crippen LogP) is 5.85. The van der Waals surface area contributed by atoms with Gasteiger partial charge in [0.1, 0.15) is 18.5 Å². The van der Waals surface area contributed by atoms with Crippen LogP contribution in [0.15, 0.2) is 84.9 Å². The Morgan fingerprint density at radius 1 is 0.857 bits per heavy atom. The highest BCUT2D eigenvalue weighted by Crippen LogP contribution is 2.27. The predicted molar refractivity (Wildman–Crippen MR) is 151 cm³/mol. The first-order valence-corrected chi connectivity index (χ1v) is 13.1. The van der Waals surface area contributed by atoms with E-state index in [1.165, 1.54) is 4.90 Å². The van der Waals surface area contributed by atoms with E-state index in [1.54, 1.807) is 54.6 Å². The molecule has 0 bridgehead atoms. The molecular weight excluding hydrogens is 551 g/mol. The van der Waals surface area contributed by atoms with Gasteiger partial charge in [-0.1, -0.05) is 60.7 Å². The number of nitrogens with zero attached hydrogens (tertiary/aromatic N) is 1. The number of carbonyl (C=O) groups is 2. The second-order valence-corrected chi connectivity index (χ2v) is 9.30. The maximum absolute atomic E-state index is 13.9. The molecule has 42 heavy (non-hydrogen) atoms. The van der Waals surface area contributed by atoms with Crippen LogP contribution in [0.1, 0.15) is 34.3 Å². The summed E-state index contributed by atoms with van der Waals surface area (Å²) >= 11 is 0. The Hall–Kier alpha value is -4.51. The zero-order valence-corrected chi connectivity index (χ0v) is 22.9. The average molecular weight is 584 g/mol. The van der Waals surface area contributed by atoms with Crippen LogP contribution in [0.5, 0.6) is 5.75 Å². The Bertz CT molecular complexity index is 1300. The molecule has 222 valence electrons. The molecule has 11 heteroatoms. The number of ether oxygens (including phenoxy) is 3. The molecular formula is C31H32F3N3O5. The van der Waals surface area contributed by atoms with Gasteiger partial charge in [-0.25, -0.2) is 4.79 Å². The van der Waals surface area contributed by atoms with Crippen LogP contribution in [-0.2, 0) is 27.4 Å². The summed E-state index contributed by atoms with van der Waals surface area (Å²) in [6.07, 6.45) is -7.80. The van der Waals surface area contributed by atoms with Gasteiger partial charge >= 0.3 is 12.1 Å². The number of amides is 1. The number of hydrogen-bond acceptors (Lipinski definition) is 7. The second kappa shape index (κ2) is 15.5. The molecule has 2 unspecified atom stereocenters. The van der Waals surface area contributed by atoms with E-state index >= 15 is 0 Å². The van der Waals surface area contributed by atoms with Crippen LogP contribution in [0.2, 0.25) is 0 Å². The van der Waals surface area contributed by atoms with E-state index in [0.717, 1.165) is 25.1 Å². The Morgan fingerprint density at radius 2 is 1.43 bits per heavy atom. The van der Waals surface area contributed by atoms with E-state index in [2.05, 4.69) is 4.74 Å². The number of rotatable bonds is 15. The van der Waals surface area contributed by atoms with Gasteiger partial charge in [0, 0.05) is 32.1 Å². The zero-order valence-electron chi connectivity index (χ0n) is 22.9. The molecule has 0 aliphatic rings. The minimum Gasteiger partial charge on any atom is -0.489 e. The van der Waals surface area contributed by atoms with Gasteiger partial charge < -0.3 is 29.9 Å². The third-order valence-corrected chi connectivity index (χ3v) is 6.36. The third-order valence-electron chi connectivity index (χ3n) is 6.36. The van der Waals surface area contributed by atoms with E-state index in [9.17, 15) is 22.8 Å². The zero-order chi connectivity index (χ0) is 30.5. The van der Waals surface area contributed by atoms with Crippen LogP contribution >= 0.6 is 0 Å². The van der Waals surface area contributed by atoms with Gasteiger partial charge in [0.2, 0.25) is 0 Å². The first-order chi connectivity index (χ1) is 20.2. The molecule has 3 aromatic carbocycles. The van der Waals surface area contributed by atoms with Crippen LogP contribution in [0.4, 0.5) is 13.2 Å². The van der Waals surface area contributed by atoms with Crippen molar-refractivity contribution in [2.24, 2.45) is 0 Å². The molecule has 3 aromatic rings. The average Bonchev–Trinajstić information content (AvgIpc) is 2.98. The highest BCUT2D eigenvalue weighted by atomic mass is 19.4. The van der Waals surface area contributed by atoms with Crippen molar-refractivity contribution in [1.82, 2.24) is 4.90 Å². The number of halogens is 3. The highest BCUT2D eigenvalue weighted by Gasteiger charge is 2.48. The largest absolute Gasteiger partial charge is 0.489 e. The van der Waals surface area contributed by atoms with Crippen LogP contribution in [0.25, 0.3) is 0 Å². The fourth-order valence-corrected chi connectivity index (χ4v) is 4.30. The van der Waals surface area contributed by atoms with Crippen molar-refractivity contribution in [3.05, 3.63) is 102 Å². The van der Waals surface area contributed by atoms with E-state index in [0.29, 0.717) is 17.9 Å². The summed E-state index contributed by atoms with van der Waals surface area (Å²) in [7, 11) is 0.735. The fourth-order valence-electron chi connectivity index (χ4n) is 4.30. The van der Waals surface area contributed by atoms with Crippen molar-refractivity contribution in [3.63, 3.8) is 0 Å². The number of nitrogens with one attached hydrogen (secondary N) is 2. The van der Waals surface area contributed by atoms with Crippen molar-refractivity contribution in [2.45, 2.75) is 50.4 Å². The minimum atomic E-state index is -5.03. The maximum atomic E-state index is 13.9. The van der Waals surface area contributed by atoms with E-state index < -0.39 is 36.3 Å². The lowest BCUT2D eigenvalue weighted by molar-refractivity contribution is -0.227. The molecule has 0 saturated heterocycles. The molecule has 8 nitrogen and oxygen atoms in total. The number of methoxy groups -OCH3 is 1. The Morgan fingerprint density at radius 3 is 1.95 bits per heavy atom. The van der Waals surface area contributed by atoms with Gasteiger partial charge in [0.25, 0.3) is 12.0 Å². The molecule has 0 saturated carbocycles. The number of alkyl halides is 3. The van der Waals surface area contributed by atoms with Crippen LogP contribution in [-0.4, -0.2) is 60.7 Å². The van der Waals surface area contributed by atoms with Gasteiger partial charge in [-0.05, 0) is 47.8 Å². The Balaban J connectivity index is 1.91. The number of esters is 1. The third kappa shape index (κ3) is 9.00. The summed E-state index contributed by atoms with van der Waals surface area (Å²) in [6, 6.07) is 23.7. The van der Waals surface area contributed by atoms with Crippen molar-refractivity contribution >= 4 is 24.3 Å². The molecule has 0 fully saturated rings. The monoisotopic (exact) mass is 583 g/mol. The molecule has 0 spiro atoms. The first kappa shape index (κ1) is 32.0. The van der Waals surface area contributed by atoms with Crippen molar-refractivity contribution in [3.8, 4) is 5.75 Å². The second-order valence-electron chi connectivity index (χ2n) is 9.30. The molecule has 0 aromatic heterocycles. The fraction of sp³-hybridized carbons (Fsp3) is 0.290. The molecule has 3 rings (SSSR count). The lowest BCUT2D eigenvalue weighted by Crippen LogP contribution is -2.50. The minimum absolute atomic E-state index is 0.00344. The van der Waals surface area contributed by atoms with Gasteiger partial charge in [-0.2, -0.15) is 13.2 Å². The van der Waals surface area contributed by atoms with E-state index in [-0.39, 0.29) is 24.9 Å². The van der Waals surface area contributed by atoms with E-state index in [1.807, 2.05) is 30.3 Å². The van der Waals surface area contributed by atoms with Crippen molar-refractivity contribution in [1.29, 1.82) is 10.8 Å². The summed E-state index contributed by atoms with van der Waals surface area (Å²) in [4.78, 5) is 27.8. The van der Waals surface area contributed by atoms with Crippen LogP contribution in [0, 0.1) is 10.8 Å². The first-order valence-electron chi connectivity index (χ1n) is 13.1. The van der Waals surface area contributed by atoms with Crippen molar-refractivity contribution in [2.75, 3.05) is 7.11 Å². The number of hydrogen-bond donors (Lipinski definition) is 2. The Labute approximate surface area is 242 Å². The van der Waals surface area contributed by atoms with Gasteiger partial charge in [-0.15, -0.1) is 0 Å². The number of carbonyl (C=O) groups excluding carboxylic acids is 2. The molecule has 3 atom stereocenters. The van der Waals surface area contributed by atoms with Crippen LogP contribution < -0.4 is 4.74 Å². The van der Waals surface area contributed by atoms with Gasteiger partial charge in [0.05, 0.1) is 6.04 Å². The lowest BCUT2D eigenvalue weighted by atomic mass is 10.00. The topological polar surface area (TPSA) is 113 Å². The van der Waals surface area contributed by atoms with Crippen molar-refractivity contribution < 1.29 is 37.0 Å². The Kier molecular flexibility index (Phi) is 11.8. The summed E-state index contributed by atoms with van der Waals surface area (Å²) in [5.74, 6) is -1.68. The van der Waals surface area contributed by atoms with Crippen LogP contribution in [0.3, 0.4) is 0 Å². The van der Waals surface area contributed by atoms with E-state index in [4.69, 9.17) is 20.3 Å². The number of benzene rings is 3. The highest BCUT2D eigenvalue weighted by molar-refractivity contribution is 5.94. The molecule has 0 heterocycles. The van der Waals surface area contributed by atoms with Gasteiger partial charge in [-0.3, -0.25) is 4.79 Å². The summed E-state index contributed by atoms with van der Waals surface area (Å²) in [6.45, 7) is 0.330. The van der Waals surface area contributed by atoms with Gasteiger partial charge in [0.15, 0.2) is 0 Å². The smallest absolute Gasteiger partial charge is 0.425 e. The SMILES string of the molecule is CO[C@H](C(=O)OC(CC=N)C(CC=N)N(Cc1ccccc1)C(=O)c1ccc(OCc2ccccc2)cc1)C(F)(F)F. The molecule has 0 aliphatic heterocycles. The summed E-state index contributed by atoms with van der Waals surface area (Å²) < 4.78 is 55.4. The lowest BCUT2D eigenvalue weighted by Gasteiger charge is -2.36. The molecule has 0 aliphatic carbocycles. The summed E-state index contributed by atoms with van der Waals surface area (Å²) in [5.41, 5.74) is 1.92. The standard InChI is InChI=1S/C31H32F3N3O5/c1-40-28(31(32,33)34)30(39)42-27(17-19-36)26(16-18-35)37(20-22-8-4-2-5-9-22)29(38)24-12-14-25(15-13-24)41-21-23-10-6-3-7-11-23/h2-15,18-19,26-28,35-36H,16-17,20-21H2,1H3/t26?,27?,28-/m1/s1. The molecule has 0 radical (unpaired) electrons. The summed E-state index contributed by atoms with van der Waals surface area (Å²) in [5, 5.41) is 15.3. The maximum Gasteiger partial charge on any atom is 0.425 e. The molecule has 1 amide bonds. The normalized spacial score (nSPS) is 13.3. The quantitative estimate of drug-likeness (QED) is 0.172.